The second-order valence-electron chi connectivity index (χ2n) is 4.57. The van der Waals surface area contributed by atoms with Gasteiger partial charge in [-0.3, -0.25) is 0 Å². The van der Waals surface area contributed by atoms with Crippen LogP contribution in [0.5, 0.6) is 5.75 Å². The molecular weight excluding hydrogens is 271 g/mol. The van der Waals surface area contributed by atoms with Gasteiger partial charge in [0.1, 0.15) is 11.6 Å². The van der Waals surface area contributed by atoms with Crippen molar-refractivity contribution in [1.82, 2.24) is 5.32 Å². The molecule has 2 amide bonds. The average molecular weight is 288 g/mol. The van der Waals surface area contributed by atoms with Crippen LogP contribution in [0.25, 0.3) is 0 Å². The summed E-state index contributed by atoms with van der Waals surface area (Å²) in [7, 11) is 1.60. The number of amides is 2. The van der Waals surface area contributed by atoms with E-state index in [1.165, 1.54) is 12.1 Å². The molecule has 0 aliphatic heterocycles. The Labute approximate surface area is 122 Å². The van der Waals surface area contributed by atoms with Crippen molar-refractivity contribution in [1.29, 1.82) is 0 Å². The van der Waals surface area contributed by atoms with Crippen LogP contribution in [0.1, 0.15) is 18.5 Å². The van der Waals surface area contributed by atoms with Gasteiger partial charge in [0.05, 0.1) is 18.8 Å². The van der Waals surface area contributed by atoms with E-state index >= 15 is 0 Å². The zero-order valence-corrected chi connectivity index (χ0v) is 11.9. The van der Waals surface area contributed by atoms with Crippen LogP contribution >= 0.6 is 0 Å². The van der Waals surface area contributed by atoms with Crippen LogP contribution in [-0.4, -0.2) is 13.1 Å². The number of hydrogen-bond donors (Lipinski definition) is 2. The third kappa shape index (κ3) is 3.95. The summed E-state index contributed by atoms with van der Waals surface area (Å²) in [4.78, 5) is 11.9. The number of methoxy groups -OCH3 is 1. The molecule has 2 aromatic rings. The number of hydrogen-bond acceptors (Lipinski definition) is 2. The van der Waals surface area contributed by atoms with Crippen molar-refractivity contribution in [3.8, 4) is 5.75 Å². The van der Waals surface area contributed by atoms with Gasteiger partial charge in [-0.25, -0.2) is 9.18 Å². The van der Waals surface area contributed by atoms with Gasteiger partial charge in [-0.2, -0.15) is 0 Å². The number of anilines is 1. The van der Waals surface area contributed by atoms with Gasteiger partial charge in [0.2, 0.25) is 0 Å². The summed E-state index contributed by atoms with van der Waals surface area (Å²) < 4.78 is 18.5. The lowest BCUT2D eigenvalue weighted by atomic mass is 10.1. The fourth-order valence-corrected chi connectivity index (χ4v) is 1.89. The van der Waals surface area contributed by atoms with E-state index in [9.17, 15) is 9.18 Å². The van der Waals surface area contributed by atoms with E-state index < -0.39 is 11.8 Å². The summed E-state index contributed by atoms with van der Waals surface area (Å²) in [5.74, 6) is 0.284. The number of halogens is 1. The SMILES string of the molecule is COc1ccc(C(C)NC(=O)Nc2ccccc2F)cc1. The highest BCUT2D eigenvalue weighted by Crippen LogP contribution is 2.18. The van der Waals surface area contributed by atoms with Crippen molar-refractivity contribution >= 4 is 11.7 Å². The van der Waals surface area contributed by atoms with Gasteiger partial charge in [-0.05, 0) is 36.8 Å². The maximum Gasteiger partial charge on any atom is 0.319 e. The Balaban J connectivity index is 1.97. The number of rotatable bonds is 4. The zero-order valence-electron chi connectivity index (χ0n) is 11.9. The van der Waals surface area contributed by atoms with E-state index in [4.69, 9.17) is 4.74 Å². The van der Waals surface area contributed by atoms with Crippen molar-refractivity contribution < 1.29 is 13.9 Å². The van der Waals surface area contributed by atoms with Gasteiger partial charge in [0, 0.05) is 0 Å². The number of nitrogens with one attached hydrogen (secondary N) is 2. The molecule has 0 fully saturated rings. The Morgan fingerprint density at radius 2 is 1.81 bits per heavy atom. The minimum atomic E-state index is -0.468. The standard InChI is InChI=1S/C16H17FN2O2/c1-11(12-7-9-13(21-2)10-8-12)18-16(20)19-15-6-4-3-5-14(15)17/h3-11H,1-2H3,(H2,18,19,20). The number of carbonyl (C=O) groups excluding carboxylic acids is 1. The fraction of sp³-hybridized carbons (Fsp3) is 0.188. The van der Waals surface area contributed by atoms with Crippen molar-refractivity contribution in [2.24, 2.45) is 0 Å². The van der Waals surface area contributed by atoms with Gasteiger partial charge in [-0.15, -0.1) is 0 Å². The van der Waals surface area contributed by atoms with E-state index in [1.54, 1.807) is 19.2 Å². The molecule has 0 saturated heterocycles. The highest BCUT2D eigenvalue weighted by Gasteiger charge is 2.11. The molecule has 2 aromatic carbocycles. The van der Waals surface area contributed by atoms with E-state index in [0.717, 1.165) is 11.3 Å². The number of para-hydroxylation sites is 1. The van der Waals surface area contributed by atoms with Crippen molar-refractivity contribution in [3.63, 3.8) is 0 Å². The van der Waals surface area contributed by atoms with Crippen LogP contribution in [0.3, 0.4) is 0 Å². The molecule has 21 heavy (non-hydrogen) atoms. The summed E-state index contributed by atoms with van der Waals surface area (Å²) in [6, 6.07) is 12.7. The minimum absolute atomic E-state index is 0.150. The zero-order chi connectivity index (χ0) is 15.2. The molecule has 0 heterocycles. The quantitative estimate of drug-likeness (QED) is 0.901. The smallest absolute Gasteiger partial charge is 0.319 e. The second-order valence-corrected chi connectivity index (χ2v) is 4.57. The Hall–Kier alpha value is -2.56. The normalized spacial score (nSPS) is 11.6. The highest BCUT2D eigenvalue weighted by molar-refractivity contribution is 5.89. The average Bonchev–Trinajstić information content (AvgIpc) is 2.49. The summed E-state index contributed by atoms with van der Waals surface area (Å²) in [5.41, 5.74) is 1.08. The highest BCUT2D eigenvalue weighted by atomic mass is 19.1. The second kappa shape index (κ2) is 6.74. The fourth-order valence-electron chi connectivity index (χ4n) is 1.89. The third-order valence-corrected chi connectivity index (χ3v) is 3.09. The molecule has 110 valence electrons. The number of urea groups is 1. The first-order chi connectivity index (χ1) is 10.1. The lowest BCUT2D eigenvalue weighted by molar-refractivity contribution is 0.249. The first kappa shape index (κ1) is 14.8. The van der Waals surface area contributed by atoms with Crippen LogP contribution in [0.4, 0.5) is 14.9 Å². The lowest BCUT2D eigenvalue weighted by Crippen LogP contribution is -2.31. The van der Waals surface area contributed by atoms with Crippen molar-refractivity contribution in [3.05, 3.63) is 59.9 Å². The largest absolute Gasteiger partial charge is 0.497 e. The van der Waals surface area contributed by atoms with Crippen molar-refractivity contribution in [2.75, 3.05) is 12.4 Å². The third-order valence-electron chi connectivity index (χ3n) is 3.09. The molecule has 5 heteroatoms. The lowest BCUT2D eigenvalue weighted by Gasteiger charge is -2.15. The summed E-state index contributed by atoms with van der Waals surface area (Å²) in [5, 5.41) is 5.24. The maximum absolute atomic E-state index is 13.4. The number of carbonyl (C=O) groups is 1. The molecule has 0 saturated carbocycles. The molecule has 0 spiro atoms. The van der Waals surface area contributed by atoms with Crippen LogP contribution < -0.4 is 15.4 Å². The van der Waals surface area contributed by atoms with Crippen LogP contribution in [0.2, 0.25) is 0 Å². The molecule has 0 aromatic heterocycles. The molecule has 2 N–H and O–H groups in total. The van der Waals surface area contributed by atoms with E-state index in [1.807, 2.05) is 31.2 Å². The molecular formula is C16H17FN2O2. The predicted octanol–water partition coefficient (Wildman–Crippen LogP) is 3.72. The molecule has 2 rings (SSSR count). The first-order valence-corrected chi connectivity index (χ1v) is 6.56. The Morgan fingerprint density at radius 1 is 1.14 bits per heavy atom. The van der Waals surface area contributed by atoms with Gasteiger partial charge < -0.3 is 15.4 Å². The summed E-state index contributed by atoms with van der Waals surface area (Å²) in [6.07, 6.45) is 0. The van der Waals surface area contributed by atoms with Gasteiger partial charge in [0.25, 0.3) is 0 Å². The molecule has 0 bridgehead atoms. The van der Waals surface area contributed by atoms with Crippen LogP contribution in [0, 0.1) is 5.82 Å². The first-order valence-electron chi connectivity index (χ1n) is 6.56. The Kier molecular flexibility index (Phi) is 4.77. The Morgan fingerprint density at radius 3 is 2.43 bits per heavy atom. The number of benzene rings is 2. The molecule has 1 unspecified atom stereocenters. The molecule has 4 nitrogen and oxygen atoms in total. The van der Waals surface area contributed by atoms with Gasteiger partial charge in [0.15, 0.2) is 0 Å². The predicted molar refractivity (Wildman–Crippen MR) is 80.0 cm³/mol. The Bertz CT molecular complexity index is 614. The van der Waals surface area contributed by atoms with E-state index in [0.29, 0.717) is 0 Å². The van der Waals surface area contributed by atoms with Gasteiger partial charge >= 0.3 is 6.03 Å². The molecule has 1 atom stereocenters. The summed E-state index contributed by atoms with van der Waals surface area (Å²) >= 11 is 0. The topological polar surface area (TPSA) is 50.4 Å². The van der Waals surface area contributed by atoms with E-state index in [-0.39, 0.29) is 11.7 Å². The van der Waals surface area contributed by atoms with Crippen LogP contribution in [0.15, 0.2) is 48.5 Å². The molecule has 0 aliphatic rings. The van der Waals surface area contributed by atoms with Crippen molar-refractivity contribution in [2.45, 2.75) is 13.0 Å². The van der Waals surface area contributed by atoms with Crippen LogP contribution in [-0.2, 0) is 0 Å². The molecule has 0 radical (unpaired) electrons. The molecule has 0 aliphatic carbocycles. The van der Waals surface area contributed by atoms with Gasteiger partial charge in [-0.1, -0.05) is 24.3 Å². The number of ether oxygens (including phenoxy) is 1. The van der Waals surface area contributed by atoms with E-state index in [2.05, 4.69) is 10.6 Å². The maximum atomic E-state index is 13.4. The monoisotopic (exact) mass is 288 g/mol. The minimum Gasteiger partial charge on any atom is -0.497 e. The summed E-state index contributed by atoms with van der Waals surface area (Å²) in [6.45, 7) is 1.85.